The van der Waals surface area contributed by atoms with E-state index in [0.29, 0.717) is 0 Å². The Morgan fingerprint density at radius 1 is 0.818 bits per heavy atom. The van der Waals surface area contributed by atoms with Crippen molar-refractivity contribution in [3.8, 4) is 0 Å². The molecule has 0 fully saturated rings. The lowest BCUT2D eigenvalue weighted by molar-refractivity contribution is -0.366. The molecule has 0 aromatic carbocycles. The van der Waals surface area contributed by atoms with Gasteiger partial charge in [-0.15, -0.1) is 0 Å². The van der Waals surface area contributed by atoms with E-state index < -0.39 is 18.1 Å². The summed E-state index contributed by atoms with van der Waals surface area (Å²) in [6.45, 7) is 0. The number of nitrogens with two attached hydrogens (primary N) is 1. The van der Waals surface area contributed by atoms with Crippen molar-refractivity contribution >= 4 is 0 Å². The highest BCUT2D eigenvalue weighted by molar-refractivity contribution is 4.87. The van der Waals surface area contributed by atoms with Crippen LogP contribution in [0.3, 0.4) is 0 Å². The average molecular weight is 183 g/mol. The van der Waals surface area contributed by atoms with Crippen molar-refractivity contribution < 1.29 is 31.4 Å². The van der Waals surface area contributed by atoms with E-state index in [1.807, 2.05) is 0 Å². The lowest BCUT2D eigenvalue weighted by Crippen LogP contribution is -2.63. The fourth-order valence-electron chi connectivity index (χ4n) is 0.161. The molecule has 0 spiro atoms. The van der Waals surface area contributed by atoms with Gasteiger partial charge in [-0.2, -0.15) is 26.3 Å². The van der Waals surface area contributed by atoms with E-state index in [1.165, 1.54) is 0 Å². The van der Waals surface area contributed by atoms with Crippen molar-refractivity contribution in [2.24, 2.45) is 5.73 Å². The first-order valence-corrected chi connectivity index (χ1v) is 2.15. The van der Waals surface area contributed by atoms with Crippen LogP contribution in [0.2, 0.25) is 0 Å². The number of rotatable bonds is 0. The number of halogens is 6. The summed E-state index contributed by atoms with van der Waals surface area (Å²) in [6, 6.07) is 0. The number of hydrogen-bond donors (Lipinski definition) is 2. The Morgan fingerprint density at radius 3 is 1.00 bits per heavy atom. The van der Waals surface area contributed by atoms with Gasteiger partial charge in [-0.05, 0) is 0 Å². The molecule has 2 nitrogen and oxygen atoms in total. The van der Waals surface area contributed by atoms with Crippen LogP contribution in [0.1, 0.15) is 0 Å². The Labute approximate surface area is 56.6 Å². The molecule has 0 rings (SSSR count). The summed E-state index contributed by atoms with van der Waals surface area (Å²) in [5, 5.41) is 7.72. The van der Waals surface area contributed by atoms with Crippen LogP contribution in [-0.4, -0.2) is 23.2 Å². The van der Waals surface area contributed by atoms with E-state index in [4.69, 9.17) is 5.11 Å². The van der Waals surface area contributed by atoms with Gasteiger partial charge in [-0.3, -0.25) is 5.73 Å². The van der Waals surface area contributed by atoms with Crippen molar-refractivity contribution in [1.29, 1.82) is 0 Å². The first-order valence-electron chi connectivity index (χ1n) is 2.15. The standard InChI is InChI=1S/C3H3F6NO/c4-2(5,6)1(10,11)3(7,8)9/h11H,10H2. The van der Waals surface area contributed by atoms with Gasteiger partial charge < -0.3 is 5.11 Å². The Morgan fingerprint density at radius 2 is 1.00 bits per heavy atom. The molecule has 3 N–H and O–H groups in total. The highest BCUT2D eigenvalue weighted by Gasteiger charge is 2.68. The molecule has 0 saturated heterocycles. The molecule has 0 aromatic heterocycles. The normalized spacial score (nSPS) is 15.3. The zero-order valence-corrected chi connectivity index (χ0v) is 4.79. The largest absolute Gasteiger partial charge is 0.440 e. The lowest BCUT2D eigenvalue weighted by atomic mass is 10.2. The maximum atomic E-state index is 11.2. The summed E-state index contributed by atoms with van der Waals surface area (Å²) in [7, 11) is 0. The maximum Gasteiger partial charge on any atom is 0.440 e. The second-order valence-electron chi connectivity index (χ2n) is 1.76. The molecule has 0 aliphatic rings. The Bertz CT molecular complexity index is 129. The second-order valence-corrected chi connectivity index (χ2v) is 1.76. The van der Waals surface area contributed by atoms with Gasteiger partial charge in [0.1, 0.15) is 0 Å². The number of alkyl halides is 6. The minimum Gasteiger partial charge on any atom is -0.361 e. The predicted octanol–water partition coefficient (Wildman–Crippen LogP) is 0.758. The molecule has 0 amide bonds. The first kappa shape index (κ1) is 10.5. The molecule has 0 atom stereocenters. The maximum absolute atomic E-state index is 11.2. The van der Waals surface area contributed by atoms with Crippen molar-refractivity contribution in [3.63, 3.8) is 0 Å². The molecule has 0 radical (unpaired) electrons. The zero-order chi connectivity index (χ0) is 9.50. The quantitative estimate of drug-likeness (QED) is 0.430. The highest BCUT2D eigenvalue weighted by Crippen LogP contribution is 2.38. The molecule has 0 aromatic rings. The van der Waals surface area contributed by atoms with E-state index in [2.05, 4.69) is 5.73 Å². The van der Waals surface area contributed by atoms with Gasteiger partial charge in [-0.1, -0.05) is 0 Å². The summed E-state index contributed by atoms with van der Waals surface area (Å²) in [4.78, 5) is 0. The number of aliphatic hydroxyl groups is 1. The molecule has 68 valence electrons. The summed E-state index contributed by atoms with van der Waals surface area (Å²) < 4.78 is 67.4. The molecule has 8 heteroatoms. The molecule has 0 saturated carbocycles. The molecule has 0 aliphatic carbocycles. The predicted molar refractivity (Wildman–Crippen MR) is 21.2 cm³/mol. The Kier molecular flexibility index (Phi) is 2.14. The van der Waals surface area contributed by atoms with E-state index in [9.17, 15) is 26.3 Å². The van der Waals surface area contributed by atoms with E-state index in [-0.39, 0.29) is 0 Å². The van der Waals surface area contributed by atoms with E-state index >= 15 is 0 Å². The SMILES string of the molecule is NC(O)(C(F)(F)F)C(F)(F)F. The van der Waals surface area contributed by atoms with Crippen LogP contribution in [0.15, 0.2) is 0 Å². The summed E-state index contributed by atoms with van der Waals surface area (Å²) >= 11 is 0. The van der Waals surface area contributed by atoms with Crippen molar-refractivity contribution in [2.75, 3.05) is 0 Å². The molecule has 0 bridgehead atoms. The third kappa shape index (κ3) is 1.74. The van der Waals surface area contributed by atoms with E-state index in [1.54, 1.807) is 0 Å². The van der Waals surface area contributed by atoms with Crippen molar-refractivity contribution in [1.82, 2.24) is 0 Å². The minimum atomic E-state index is -5.91. The van der Waals surface area contributed by atoms with Gasteiger partial charge in [0, 0.05) is 0 Å². The Balaban J connectivity index is 4.75. The monoisotopic (exact) mass is 183 g/mol. The third-order valence-corrected chi connectivity index (χ3v) is 0.864. The molecule has 0 unspecified atom stereocenters. The summed E-state index contributed by atoms with van der Waals surface area (Å²) in [5.41, 5.74) is -1.55. The third-order valence-electron chi connectivity index (χ3n) is 0.864. The van der Waals surface area contributed by atoms with Crippen LogP contribution in [0, 0.1) is 0 Å². The van der Waals surface area contributed by atoms with Gasteiger partial charge in [0.15, 0.2) is 0 Å². The summed E-state index contributed by atoms with van der Waals surface area (Å²) in [5.74, 6) is 0. The zero-order valence-electron chi connectivity index (χ0n) is 4.79. The van der Waals surface area contributed by atoms with Crippen LogP contribution in [0.5, 0.6) is 0 Å². The lowest BCUT2D eigenvalue weighted by Gasteiger charge is -2.27. The fourth-order valence-corrected chi connectivity index (χ4v) is 0.161. The second kappa shape index (κ2) is 2.24. The summed E-state index contributed by atoms with van der Waals surface area (Å²) in [6.07, 6.45) is -11.8. The van der Waals surface area contributed by atoms with Gasteiger partial charge in [0.05, 0.1) is 0 Å². The molecule has 0 heterocycles. The van der Waals surface area contributed by atoms with Crippen LogP contribution in [-0.2, 0) is 0 Å². The molecule has 11 heavy (non-hydrogen) atoms. The highest BCUT2D eigenvalue weighted by atomic mass is 19.4. The Hall–Kier alpha value is -0.500. The average Bonchev–Trinajstić information content (AvgIpc) is 1.58. The minimum absolute atomic E-state index is 3.58. The van der Waals surface area contributed by atoms with Crippen LogP contribution in [0.25, 0.3) is 0 Å². The first-order chi connectivity index (χ1) is 4.50. The van der Waals surface area contributed by atoms with Gasteiger partial charge >= 0.3 is 18.1 Å². The van der Waals surface area contributed by atoms with Gasteiger partial charge in [0.2, 0.25) is 0 Å². The van der Waals surface area contributed by atoms with Crippen molar-refractivity contribution in [2.45, 2.75) is 18.1 Å². The fraction of sp³-hybridized carbons (Fsp3) is 1.00. The molecular formula is C3H3F6NO. The van der Waals surface area contributed by atoms with Crippen LogP contribution >= 0.6 is 0 Å². The van der Waals surface area contributed by atoms with Crippen LogP contribution < -0.4 is 5.73 Å². The van der Waals surface area contributed by atoms with Crippen molar-refractivity contribution in [3.05, 3.63) is 0 Å². The van der Waals surface area contributed by atoms with Gasteiger partial charge in [-0.25, -0.2) is 0 Å². The number of hydrogen-bond acceptors (Lipinski definition) is 2. The van der Waals surface area contributed by atoms with Gasteiger partial charge in [0.25, 0.3) is 0 Å². The molecular weight excluding hydrogens is 180 g/mol. The molecule has 0 aliphatic heterocycles. The van der Waals surface area contributed by atoms with E-state index in [0.717, 1.165) is 0 Å². The van der Waals surface area contributed by atoms with Crippen LogP contribution in [0.4, 0.5) is 26.3 Å². The smallest absolute Gasteiger partial charge is 0.361 e. The topological polar surface area (TPSA) is 46.2 Å².